The van der Waals surface area contributed by atoms with Crippen molar-refractivity contribution in [1.82, 2.24) is 0 Å². The Morgan fingerprint density at radius 3 is 1.86 bits per heavy atom. The molecule has 4 heteroatoms. The minimum absolute atomic E-state index is 0.0206. The fourth-order valence-electron chi connectivity index (χ4n) is 3.55. The van der Waals surface area contributed by atoms with Crippen LogP contribution in [0.25, 0.3) is 21.5 Å². The monoisotopic (exact) mass is 464 g/mol. The molecule has 0 aliphatic rings. The number of hydrogen-bond donors (Lipinski definition) is 0. The van der Waals surface area contributed by atoms with E-state index in [2.05, 4.69) is 107 Å². The van der Waals surface area contributed by atoms with E-state index in [0.717, 1.165) is 11.3 Å². The fourth-order valence-corrected chi connectivity index (χ4v) is 6.51. The Balaban J connectivity index is 0.000000196. The van der Waals surface area contributed by atoms with Crippen molar-refractivity contribution in [3.05, 3.63) is 78.9 Å². The molecule has 0 saturated carbocycles. The minimum atomic E-state index is -0.556. The molecular weight excluding hydrogens is 438 g/mol. The van der Waals surface area contributed by atoms with Crippen molar-refractivity contribution in [1.29, 1.82) is 0 Å². The molecule has 0 amide bonds. The van der Waals surface area contributed by atoms with Gasteiger partial charge in [-0.3, -0.25) is 0 Å². The predicted molar refractivity (Wildman–Crippen MR) is 128 cm³/mol. The van der Waals surface area contributed by atoms with Crippen LogP contribution in [0.15, 0.2) is 78.9 Å². The van der Waals surface area contributed by atoms with Gasteiger partial charge in [-0.1, -0.05) is 47.7 Å². The van der Waals surface area contributed by atoms with Crippen LogP contribution in [0.1, 0.15) is 27.7 Å². The molecule has 0 radical (unpaired) electrons. The summed E-state index contributed by atoms with van der Waals surface area (Å²) in [6.45, 7) is 9.40. The third kappa shape index (κ3) is 6.72. The molecule has 0 N–H and O–H groups in total. The topological polar surface area (TPSA) is 0 Å². The summed E-state index contributed by atoms with van der Waals surface area (Å²) in [4.78, 5) is 0. The van der Waals surface area contributed by atoms with Gasteiger partial charge in [-0.2, -0.15) is 23.6 Å². The van der Waals surface area contributed by atoms with Gasteiger partial charge in [-0.05, 0) is 11.3 Å². The van der Waals surface area contributed by atoms with Crippen LogP contribution in [-0.4, -0.2) is 11.3 Å². The largest absolute Gasteiger partial charge is 0.168 e. The Morgan fingerprint density at radius 2 is 1.32 bits per heavy atom. The first kappa shape index (κ1) is 23.7. The third-order valence-electron chi connectivity index (χ3n) is 4.56. The van der Waals surface area contributed by atoms with Gasteiger partial charge in [0.25, 0.3) is 0 Å². The number of benzene rings is 2. The van der Waals surface area contributed by atoms with Crippen LogP contribution in [-0.2, 0) is 17.0 Å². The molecule has 4 aromatic rings. The molecule has 4 aromatic carbocycles. The van der Waals surface area contributed by atoms with Crippen molar-refractivity contribution in [2.45, 2.75) is 39.0 Å². The third-order valence-corrected chi connectivity index (χ3v) is 7.64. The van der Waals surface area contributed by atoms with Crippen molar-refractivity contribution < 1.29 is 17.0 Å². The Hall–Kier alpha value is -0.616. The van der Waals surface area contributed by atoms with E-state index < -0.39 is 17.0 Å². The number of halogens is 2. The molecule has 0 spiro atoms. The van der Waals surface area contributed by atoms with E-state index in [4.69, 9.17) is 18.6 Å². The van der Waals surface area contributed by atoms with Gasteiger partial charge in [0.1, 0.15) is 0 Å². The van der Waals surface area contributed by atoms with Gasteiger partial charge in [0.15, 0.2) is 0 Å². The van der Waals surface area contributed by atoms with E-state index >= 15 is 0 Å². The summed E-state index contributed by atoms with van der Waals surface area (Å²) in [5.41, 5.74) is 1.54. The number of rotatable bonds is 3. The molecule has 0 aliphatic heterocycles. The zero-order chi connectivity index (χ0) is 20.5. The van der Waals surface area contributed by atoms with Crippen molar-refractivity contribution in [3.8, 4) is 0 Å². The van der Waals surface area contributed by atoms with Crippen LogP contribution in [0.2, 0.25) is 0 Å². The van der Waals surface area contributed by atoms with Crippen molar-refractivity contribution in [3.63, 3.8) is 0 Å². The molecule has 0 saturated heterocycles. The molecule has 4 rings (SSSR count). The molecule has 0 atom stereocenters. The first-order chi connectivity index (χ1) is 13.5. The summed E-state index contributed by atoms with van der Waals surface area (Å²) in [7, 11) is 9.76. The van der Waals surface area contributed by atoms with Gasteiger partial charge < -0.3 is 0 Å². The second-order valence-electron chi connectivity index (χ2n) is 7.16. The molecule has 0 nitrogen and oxygen atoms in total. The van der Waals surface area contributed by atoms with E-state index in [1.165, 1.54) is 21.5 Å². The van der Waals surface area contributed by atoms with Crippen molar-refractivity contribution in [2.24, 2.45) is 0 Å². The second kappa shape index (κ2) is 12.2. The Kier molecular flexibility index (Phi) is 10.3. The van der Waals surface area contributed by atoms with Crippen LogP contribution < -0.4 is 5.30 Å². The Bertz CT molecular complexity index is 884. The smallest absolute Gasteiger partial charge is 0.0809 e. The Labute approximate surface area is 187 Å². The van der Waals surface area contributed by atoms with Crippen molar-refractivity contribution >= 4 is 53.4 Å². The van der Waals surface area contributed by atoms with Crippen LogP contribution >= 0.6 is 26.5 Å². The zero-order valence-electron chi connectivity index (χ0n) is 16.9. The van der Waals surface area contributed by atoms with Crippen LogP contribution in [0.3, 0.4) is 0 Å². The van der Waals surface area contributed by atoms with Gasteiger partial charge in [0, 0.05) is 0 Å². The molecule has 0 aromatic heterocycles. The SMILES string of the molecule is CC(C)P(c1cc2ccccc2[cH-]1)C(C)C.[Cl][Ti][Cl].c1ccc2[cH-]ccc2c1. The zero-order valence-corrected chi connectivity index (χ0v) is 20.8. The van der Waals surface area contributed by atoms with Gasteiger partial charge in [0.05, 0.1) is 0 Å². The van der Waals surface area contributed by atoms with Crippen LogP contribution in [0.5, 0.6) is 0 Å². The van der Waals surface area contributed by atoms with Gasteiger partial charge in [-0.15, -0.1) is 70.0 Å². The van der Waals surface area contributed by atoms with E-state index in [-0.39, 0.29) is 7.92 Å². The van der Waals surface area contributed by atoms with Gasteiger partial charge in [0.2, 0.25) is 0 Å². The molecular formula is C24H27Cl2PTi-2. The Morgan fingerprint density at radius 1 is 0.786 bits per heavy atom. The maximum atomic E-state index is 4.89. The summed E-state index contributed by atoms with van der Waals surface area (Å²) in [5.74, 6) is 0. The molecule has 0 heterocycles. The molecule has 0 fully saturated rings. The van der Waals surface area contributed by atoms with Crippen LogP contribution in [0, 0.1) is 0 Å². The van der Waals surface area contributed by atoms with E-state index in [0.29, 0.717) is 0 Å². The molecule has 148 valence electrons. The predicted octanol–water partition coefficient (Wildman–Crippen LogP) is 8.42. The summed E-state index contributed by atoms with van der Waals surface area (Å²) >= 11 is -0.556. The standard InChI is InChI=1S/C15H20P.C9H7.2ClH.Ti/c1-11(2)16(12(3)4)15-9-13-7-5-6-8-14(13)10-15;1-2-5-9-7-3-6-8(9)4-1;;;/h5-12H,1-4H3;1-7H;2*1H;/q2*-1;;;+2/p-2. The first-order valence-electron chi connectivity index (χ1n) is 9.48. The average Bonchev–Trinajstić information content (AvgIpc) is 3.28. The minimum Gasteiger partial charge on any atom is -0.168 e. The normalized spacial score (nSPS) is 10.8. The maximum Gasteiger partial charge on any atom is -0.0809 e. The average molecular weight is 465 g/mol. The number of hydrogen-bond acceptors (Lipinski definition) is 0. The van der Waals surface area contributed by atoms with E-state index in [1.807, 2.05) is 0 Å². The van der Waals surface area contributed by atoms with Gasteiger partial charge >= 0.3 is 35.6 Å². The molecule has 0 aliphatic carbocycles. The quantitative estimate of drug-likeness (QED) is 0.162. The second-order valence-corrected chi connectivity index (χ2v) is 13.1. The fraction of sp³-hybridized carbons (Fsp3) is 0.250. The van der Waals surface area contributed by atoms with Crippen LogP contribution in [0.4, 0.5) is 0 Å². The van der Waals surface area contributed by atoms with Gasteiger partial charge in [-0.25, -0.2) is 0 Å². The van der Waals surface area contributed by atoms with Crippen molar-refractivity contribution in [2.75, 3.05) is 0 Å². The molecule has 0 bridgehead atoms. The first-order valence-corrected chi connectivity index (χ1v) is 15.3. The number of fused-ring (bicyclic) bond motifs is 2. The summed E-state index contributed by atoms with van der Waals surface area (Å²) in [6.07, 6.45) is 0. The summed E-state index contributed by atoms with van der Waals surface area (Å²) in [6, 6.07) is 28.1. The van der Waals surface area contributed by atoms with E-state index in [9.17, 15) is 0 Å². The molecule has 28 heavy (non-hydrogen) atoms. The summed E-state index contributed by atoms with van der Waals surface area (Å²) in [5, 5.41) is 7.02. The summed E-state index contributed by atoms with van der Waals surface area (Å²) < 4.78 is 0. The molecule has 0 unspecified atom stereocenters. The maximum absolute atomic E-state index is 4.89. The van der Waals surface area contributed by atoms with E-state index in [1.54, 1.807) is 5.30 Å².